The molecular formula is C4H10O2Si. The zero-order valence-electron chi connectivity index (χ0n) is 4.73. The standard InChI is InChI=1S/C4H10O2Si/c1-3-5-7-6-4-2/h3-4H2,1-2H3. The molecule has 2 nitrogen and oxygen atoms in total. The molecule has 0 heterocycles. The lowest BCUT2D eigenvalue weighted by Gasteiger charge is -1.93. The first kappa shape index (κ1) is 7.14. The molecule has 0 aliphatic rings. The number of rotatable bonds is 4. The van der Waals surface area contributed by atoms with Gasteiger partial charge in [0.25, 0.3) is 0 Å². The number of hydrogen-bond acceptors (Lipinski definition) is 2. The summed E-state index contributed by atoms with van der Waals surface area (Å²) in [6, 6.07) is 0. The molecule has 0 rings (SSSR count). The molecule has 42 valence electrons. The fraction of sp³-hybridized carbons (Fsp3) is 1.00. The second kappa shape index (κ2) is 6.14. The van der Waals surface area contributed by atoms with Gasteiger partial charge in [-0.1, -0.05) is 0 Å². The summed E-state index contributed by atoms with van der Waals surface area (Å²) < 4.78 is 9.76. The van der Waals surface area contributed by atoms with Crippen LogP contribution in [0.5, 0.6) is 0 Å². The van der Waals surface area contributed by atoms with E-state index in [1.54, 1.807) is 0 Å². The van der Waals surface area contributed by atoms with Crippen LogP contribution in [0, 0.1) is 0 Å². The highest BCUT2D eigenvalue weighted by Crippen LogP contribution is 1.70. The van der Waals surface area contributed by atoms with Crippen molar-refractivity contribution < 1.29 is 8.85 Å². The molecule has 0 saturated carbocycles. The van der Waals surface area contributed by atoms with E-state index in [-0.39, 0.29) is 10.0 Å². The summed E-state index contributed by atoms with van der Waals surface area (Å²) in [6.07, 6.45) is 0. The zero-order valence-corrected chi connectivity index (χ0v) is 5.73. The molecule has 0 aromatic heterocycles. The van der Waals surface area contributed by atoms with Gasteiger partial charge in [-0.2, -0.15) is 0 Å². The Morgan fingerprint density at radius 2 is 1.57 bits per heavy atom. The van der Waals surface area contributed by atoms with Gasteiger partial charge in [-0.25, -0.2) is 0 Å². The molecule has 0 saturated heterocycles. The Morgan fingerprint density at radius 1 is 1.14 bits per heavy atom. The van der Waals surface area contributed by atoms with Crippen molar-refractivity contribution >= 4 is 10.0 Å². The quantitative estimate of drug-likeness (QED) is 0.397. The minimum Gasteiger partial charge on any atom is -0.393 e. The smallest absolute Gasteiger partial charge is 0.393 e. The van der Waals surface area contributed by atoms with Crippen LogP contribution in [-0.4, -0.2) is 23.2 Å². The van der Waals surface area contributed by atoms with Gasteiger partial charge in [0.05, 0.1) is 0 Å². The lowest BCUT2D eigenvalue weighted by atomic mass is 10.9. The lowest BCUT2D eigenvalue weighted by Crippen LogP contribution is -2.02. The topological polar surface area (TPSA) is 18.5 Å². The van der Waals surface area contributed by atoms with Gasteiger partial charge in [0.15, 0.2) is 0 Å². The first-order valence-corrected chi connectivity index (χ1v) is 3.22. The van der Waals surface area contributed by atoms with Crippen LogP contribution < -0.4 is 0 Å². The first-order chi connectivity index (χ1) is 3.41. The molecule has 0 N–H and O–H groups in total. The van der Waals surface area contributed by atoms with E-state index in [4.69, 9.17) is 8.85 Å². The SMILES string of the molecule is CCO[Si]OCC. The largest absolute Gasteiger partial charge is 0.433 e. The molecule has 3 heteroatoms. The van der Waals surface area contributed by atoms with Crippen LogP contribution in [0.2, 0.25) is 0 Å². The van der Waals surface area contributed by atoms with E-state index in [9.17, 15) is 0 Å². The Kier molecular flexibility index (Phi) is 6.26. The highest BCUT2D eigenvalue weighted by atomic mass is 28.3. The van der Waals surface area contributed by atoms with Gasteiger partial charge in [0.1, 0.15) is 0 Å². The molecule has 0 spiro atoms. The van der Waals surface area contributed by atoms with Crippen molar-refractivity contribution in [3.05, 3.63) is 0 Å². The molecule has 0 aromatic carbocycles. The van der Waals surface area contributed by atoms with Gasteiger partial charge in [0, 0.05) is 13.2 Å². The van der Waals surface area contributed by atoms with Crippen molar-refractivity contribution in [1.82, 2.24) is 0 Å². The molecule has 7 heavy (non-hydrogen) atoms. The summed E-state index contributed by atoms with van der Waals surface area (Å²) in [7, 11) is 0.232. The van der Waals surface area contributed by atoms with Crippen molar-refractivity contribution in [2.24, 2.45) is 0 Å². The Balaban J connectivity index is 2.45. The first-order valence-electron chi connectivity index (χ1n) is 2.40. The van der Waals surface area contributed by atoms with E-state index < -0.39 is 0 Å². The normalized spacial score (nSPS) is 9.43. The Bertz CT molecular complexity index is 28.9. The third-order valence-electron chi connectivity index (χ3n) is 0.407. The van der Waals surface area contributed by atoms with Crippen molar-refractivity contribution in [3.8, 4) is 0 Å². The van der Waals surface area contributed by atoms with Crippen LogP contribution in [0.25, 0.3) is 0 Å². The van der Waals surface area contributed by atoms with Gasteiger partial charge in [0.2, 0.25) is 0 Å². The van der Waals surface area contributed by atoms with Gasteiger partial charge in [-0.3, -0.25) is 0 Å². The molecule has 0 bridgehead atoms. The predicted molar refractivity (Wildman–Crippen MR) is 29.0 cm³/mol. The predicted octanol–water partition coefficient (Wildman–Crippen LogP) is 0.594. The van der Waals surface area contributed by atoms with Crippen LogP contribution in [0.4, 0.5) is 0 Å². The average molecular weight is 118 g/mol. The van der Waals surface area contributed by atoms with Crippen molar-refractivity contribution in [2.75, 3.05) is 13.2 Å². The van der Waals surface area contributed by atoms with E-state index in [1.165, 1.54) is 0 Å². The Labute approximate surface area is 46.9 Å². The van der Waals surface area contributed by atoms with Crippen molar-refractivity contribution in [2.45, 2.75) is 13.8 Å². The maximum atomic E-state index is 4.88. The zero-order chi connectivity index (χ0) is 5.54. The molecule has 2 radical (unpaired) electrons. The lowest BCUT2D eigenvalue weighted by molar-refractivity contribution is 0.240. The van der Waals surface area contributed by atoms with E-state index in [2.05, 4.69) is 0 Å². The van der Waals surface area contributed by atoms with Crippen LogP contribution in [0.15, 0.2) is 0 Å². The van der Waals surface area contributed by atoms with E-state index in [1.807, 2.05) is 13.8 Å². The summed E-state index contributed by atoms with van der Waals surface area (Å²) in [6.45, 7) is 5.40. The molecule has 0 fully saturated rings. The van der Waals surface area contributed by atoms with E-state index >= 15 is 0 Å². The third-order valence-corrected chi connectivity index (χ3v) is 1.22. The molecule has 0 amide bonds. The monoisotopic (exact) mass is 118 g/mol. The molecule has 0 aliphatic heterocycles. The molecule has 0 unspecified atom stereocenters. The van der Waals surface area contributed by atoms with Crippen LogP contribution in [0.1, 0.15) is 13.8 Å². The maximum Gasteiger partial charge on any atom is 0.433 e. The summed E-state index contributed by atoms with van der Waals surface area (Å²) in [5.41, 5.74) is 0. The van der Waals surface area contributed by atoms with Gasteiger partial charge in [-0.15, -0.1) is 0 Å². The number of hydrogen-bond donors (Lipinski definition) is 0. The van der Waals surface area contributed by atoms with E-state index in [0.717, 1.165) is 13.2 Å². The summed E-state index contributed by atoms with van der Waals surface area (Å²) in [4.78, 5) is 0. The molecule has 0 aliphatic carbocycles. The van der Waals surface area contributed by atoms with Crippen LogP contribution >= 0.6 is 0 Å². The van der Waals surface area contributed by atoms with E-state index in [0.29, 0.717) is 0 Å². The minimum absolute atomic E-state index is 0.232. The highest BCUT2D eigenvalue weighted by Gasteiger charge is 1.83. The minimum atomic E-state index is 0.232. The second-order valence-corrected chi connectivity index (χ2v) is 1.69. The average Bonchev–Trinajstić information content (AvgIpc) is 1.69. The van der Waals surface area contributed by atoms with Crippen molar-refractivity contribution in [3.63, 3.8) is 0 Å². The van der Waals surface area contributed by atoms with Gasteiger partial charge in [-0.05, 0) is 13.8 Å². The highest BCUT2D eigenvalue weighted by molar-refractivity contribution is 6.17. The molecule has 0 atom stereocenters. The van der Waals surface area contributed by atoms with Crippen LogP contribution in [-0.2, 0) is 8.85 Å². The Hall–Kier alpha value is 0.137. The molecular weight excluding hydrogens is 108 g/mol. The third kappa shape index (κ3) is 6.14. The second-order valence-electron chi connectivity index (χ2n) is 0.949. The molecule has 0 aromatic rings. The Morgan fingerprint density at radius 3 is 1.86 bits per heavy atom. The van der Waals surface area contributed by atoms with Gasteiger partial charge < -0.3 is 8.85 Å². The van der Waals surface area contributed by atoms with Crippen LogP contribution in [0.3, 0.4) is 0 Å². The summed E-state index contributed by atoms with van der Waals surface area (Å²) in [5, 5.41) is 0. The van der Waals surface area contributed by atoms with Gasteiger partial charge >= 0.3 is 10.0 Å². The fourth-order valence-corrected chi connectivity index (χ4v) is 0.479. The summed E-state index contributed by atoms with van der Waals surface area (Å²) >= 11 is 0. The maximum absolute atomic E-state index is 4.88. The van der Waals surface area contributed by atoms with Crippen molar-refractivity contribution in [1.29, 1.82) is 0 Å². The fourth-order valence-electron chi connectivity index (χ4n) is 0.160. The summed E-state index contributed by atoms with van der Waals surface area (Å²) in [5.74, 6) is 0.